The number of benzene rings is 2. The summed E-state index contributed by atoms with van der Waals surface area (Å²) >= 11 is 0. The molecule has 0 aliphatic rings. The molecule has 154 valence electrons. The van der Waals surface area contributed by atoms with Gasteiger partial charge < -0.3 is 10.6 Å². The Balaban J connectivity index is 0.00000300. The Hall–Kier alpha value is -2.42. The summed E-state index contributed by atoms with van der Waals surface area (Å²) in [6, 6.07) is 15.5. The zero-order valence-corrected chi connectivity index (χ0v) is 19.5. The van der Waals surface area contributed by atoms with Crippen LogP contribution in [-0.2, 0) is 13.1 Å². The van der Waals surface area contributed by atoms with Gasteiger partial charge in [-0.3, -0.25) is 4.99 Å². The summed E-state index contributed by atoms with van der Waals surface area (Å²) in [6.07, 6.45) is 0. The van der Waals surface area contributed by atoms with E-state index in [9.17, 15) is 4.39 Å². The molecule has 0 amide bonds. The van der Waals surface area contributed by atoms with Crippen molar-refractivity contribution in [1.29, 1.82) is 0 Å². The second-order valence-corrected chi connectivity index (χ2v) is 6.83. The Labute approximate surface area is 188 Å². The van der Waals surface area contributed by atoms with Crippen LogP contribution in [0.3, 0.4) is 0 Å². The van der Waals surface area contributed by atoms with Crippen LogP contribution in [0.4, 0.5) is 4.39 Å². The quantitative estimate of drug-likeness (QED) is 0.306. The molecule has 3 aromatic rings. The molecule has 0 aliphatic carbocycles. The number of rotatable bonds is 5. The Morgan fingerprint density at radius 1 is 1.03 bits per heavy atom. The van der Waals surface area contributed by atoms with Gasteiger partial charge in [0, 0.05) is 25.8 Å². The van der Waals surface area contributed by atoms with Crippen LogP contribution >= 0.6 is 24.0 Å². The maximum absolute atomic E-state index is 13.7. The molecule has 0 bridgehead atoms. The van der Waals surface area contributed by atoms with E-state index < -0.39 is 0 Å². The lowest BCUT2D eigenvalue weighted by atomic mass is 10.1. The van der Waals surface area contributed by atoms with Gasteiger partial charge in [0.1, 0.15) is 5.82 Å². The molecule has 3 rings (SSSR count). The summed E-state index contributed by atoms with van der Waals surface area (Å²) < 4.78 is 15.7. The van der Waals surface area contributed by atoms with Crippen LogP contribution < -0.4 is 10.6 Å². The highest BCUT2D eigenvalue weighted by atomic mass is 127. The Bertz CT molecular complexity index is 997. The number of aryl methyl sites for hydroxylation is 3. The molecule has 0 saturated carbocycles. The molecule has 0 saturated heterocycles. The van der Waals surface area contributed by atoms with Gasteiger partial charge in [-0.2, -0.15) is 5.10 Å². The van der Waals surface area contributed by atoms with E-state index >= 15 is 0 Å². The summed E-state index contributed by atoms with van der Waals surface area (Å²) in [5, 5.41) is 11.1. The smallest absolute Gasteiger partial charge is 0.191 e. The largest absolute Gasteiger partial charge is 0.352 e. The second kappa shape index (κ2) is 10.4. The average Bonchev–Trinajstić information content (AvgIpc) is 3.03. The van der Waals surface area contributed by atoms with Gasteiger partial charge in [0.25, 0.3) is 0 Å². The van der Waals surface area contributed by atoms with Crippen LogP contribution in [0.15, 0.2) is 53.5 Å². The normalized spacial score (nSPS) is 11.1. The number of hydrogen-bond donors (Lipinski definition) is 2. The molecule has 29 heavy (non-hydrogen) atoms. The van der Waals surface area contributed by atoms with Gasteiger partial charge in [0.2, 0.25) is 0 Å². The van der Waals surface area contributed by atoms with Crippen molar-refractivity contribution in [2.75, 3.05) is 7.05 Å². The van der Waals surface area contributed by atoms with Crippen molar-refractivity contribution in [3.8, 4) is 5.69 Å². The van der Waals surface area contributed by atoms with E-state index in [4.69, 9.17) is 0 Å². The fraction of sp³-hybridized carbons (Fsp3) is 0.273. The van der Waals surface area contributed by atoms with Crippen LogP contribution in [0.25, 0.3) is 5.69 Å². The molecule has 0 fully saturated rings. The first-order valence-electron chi connectivity index (χ1n) is 9.29. The van der Waals surface area contributed by atoms with Crippen molar-refractivity contribution in [3.05, 3.63) is 82.4 Å². The van der Waals surface area contributed by atoms with Gasteiger partial charge >= 0.3 is 0 Å². The first-order chi connectivity index (χ1) is 13.5. The van der Waals surface area contributed by atoms with Crippen molar-refractivity contribution in [2.24, 2.45) is 4.99 Å². The van der Waals surface area contributed by atoms with E-state index in [1.165, 1.54) is 0 Å². The minimum atomic E-state index is -0.193. The number of nitrogens with zero attached hydrogens (tertiary/aromatic N) is 3. The van der Waals surface area contributed by atoms with Gasteiger partial charge in [-0.05, 0) is 55.7 Å². The molecule has 0 radical (unpaired) electrons. The lowest BCUT2D eigenvalue weighted by Crippen LogP contribution is -2.36. The van der Waals surface area contributed by atoms with Crippen molar-refractivity contribution in [1.82, 2.24) is 20.4 Å². The van der Waals surface area contributed by atoms with E-state index in [-0.39, 0.29) is 29.8 Å². The standard InChI is InChI=1S/C22H26FN5.HI/c1-15-9-10-18(12-20(15)23)13-25-22(24-4)26-14-19-7-5-6-8-21(19)28-17(3)11-16(2)27-28;/h5-12H,13-14H2,1-4H3,(H2,24,25,26);1H. The Morgan fingerprint density at radius 2 is 1.76 bits per heavy atom. The first-order valence-corrected chi connectivity index (χ1v) is 9.29. The minimum absolute atomic E-state index is 0. The SMILES string of the molecule is CN=C(NCc1ccc(C)c(F)c1)NCc1ccccc1-n1nc(C)cc1C.I. The number of halogens is 2. The Morgan fingerprint density at radius 3 is 2.41 bits per heavy atom. The molecule has 5 nitrogen and oxygen atoms in total. The van der Waals surface area contributed by atoms with Crippen LogP contribution in [0, 0.1) is 26.6 Å². The molecule has 0 aliphatic heterocycles. The summed E-state index contributed by atoms with van der Waals surface area (Å²) in [6.45, 7) is 6.88. The summed E-state index contributed by atoms with van der Waals surface area (Å²) in [5.41, 5.74) is 5.74. The van der Waals surface area contributed by atoms with Gasteiger partial charge in [0.15, 0.2) is 5.96 Å². The zero-order valence-electron chi connectivity index (χ0n) is 17.2. The number of guanidine groups is 1. The van der Waals surface area contributed by atoms with Gasteiger partial charge in [-0.1, -0.05) is 30.3 Å². The number of nitrogens with one attached hydrogen (secondary N) is 2. The van der Waals surface area contributed by atoms with Crippen molar-refractivity contribution in [2.45, 2.75) is 33.9 Å². The third-order valence-electron chi connectivity index (χ3n) is 4.60. The van der Waals surface area contributed by atoms with Crippen LogP contribution in [0.2, 0.25) is 0 Å². The molecule has 2 aromatic carbocycles. The number of aromatic nitrogens is 2. The molecular weight excluding hydrogens is 480 g/mol. The van der Waals surface area contributed by atoms with E-state index in [2.05, 4.69) is 38.9 Å². The third-order valence-corrected chi connectivity index (χ3v) is 4.60. The van der Waals surface area contributed by atoms with E-state index in [0.29, 0.717) is 24.6 Å². The second-order valence-electron chi connectivity index (χ2n) is 6.83. The minimum Gasteiger partial charge on any atom is -0.352 e. The van der Waals surface area contributed by atoms with Crippen LogP contribution in [0.5, 0.6) is 0 Å². The summed E-state index contributed by atoms with van der Waals surface area (Å²) in [4.78, 5) is 4.26. The maximum atomic E-state index is 13.7. The first kappa shape index (κ1) is 22.9. The third kappa shape index (κ3) is 5.79. The summed E-state index contributed by atoms with van der Waals surface area (Å²) in [7, 11) is 1.72. The van der Waals surface area contributed by atoms with E-state index in [1.807, 2.05) is 36.7 Å². The monoisotopic (exact) mass is 507 g/mol. The molecular formula is C22H27FIN5. The number of para-hydroxylation sites is 1. The van der Waals surface area contributed by atoms with Crippen LogP contribution in [0.1, 0.15) is 28.1 Å². The van der Waals surface area contributed by atoms with Crippen molar-refractivity contribution in [3.63, 3.8) is 0 Å². The highest BCUT2D eigenvalue weighted by molar-refractivity contribution is 14.0. The van der Waals surface area contributed by atoms with Gasteiger partial charge in [-0.15, -0.1) is 24.0 Å². The highest BCUT2D eigenvalue weighted by Gasteiger charge is 2.09. The number of aliphatic imine (C=N–C) groups is 1. The molecule has 0 unspecified atom stereocenters. The van der Waals surface area contributed by atoms with E-state index in [1.54, 1.807) is 26.1 Å². The fourth-order valence-electron chi connectivity index (χ4n) is 3.07. The predicted molar refractivity (Wildman–Crippen MR) is 127 cm³/mol. The molecule has 0 atom stereocenters. The fourth-order valence-corrected chi connectivity index (χ4v) is 3.07. The number of hydrogen-bond acceptors (Lipinski definition) is 2. The molecule has 7 heteroatoms. The highest BCUT2D eigenvalue weighted by Crippen LogP contribution is 2.17. The van der Waals surface area contributed by atoms with Crippen LogP contribution in [-0.4, -0.2) is 22.8 Å². The maximum Gasteiger partial charge on any atom is 0.191 e. The predicted octanol–water partition coefficient (Wildman–Crippen LogP) is 4.42. The zero-order chi connectivity index (χ0) is 20.1. The van der Waals surface area contributed by atoms with Gasteiger partial charge in [-0.25, -0.2) is 9.07 Å². The van der Waals surface area contributed by atoms with Crippen molar-refractivity contribution >= 4 is 29.9 Å². The van der Waals surface area contributed by atoms with Crippen molar-refractivity contribution < 1.29 is 4.39 Å². The molecule has 2 N–H and O–H groups in total. The average molecular weight is 507 g/mol. The van der Waals surface area contributed by atoms with E-state index in [0.717, 1.165) is 28.2 Å². The lowest BCUT2D eigenvalue weighted by Gasteiger charge is -2.15. The topological polar surface area (TPSA) is 54.2 Å². The molecule has 1 heterocycles. The van der Waals surface area contributed by atoms with Gasteiger partial charge in [0.05, 0.1) is 11.4 Å². The lowest BCUT2D eigenvalue weighted by molar-refractivity contribution is 0.615. The Kier molecular flexibility index (Phi) is 8.19. The molecule has 1 aromatic heterocycles. The summed E-state index contributed by atoms with van der Waals surface area (Å²) in [5.74, 6) is 0.463. The molecule has 0 spiro atoms.